The van der Waals surface area contributed by atoms with Gasteiger partial charge in [-0.1, -0.05) is 36.4 Å². The van der Waals surface area contributed by atoms with Gasteiger partial charge in [0.2, 0.25) is 5.91 Å². The van der Waals surface area contributed by atoms with Crippen molar-refractivity contribution >= 4 is 16.8 Å². The van der Waals surface area contributed by atoms with E-state index in [0.29, 0.717) is 35.4 Å². The summed E-state index contributed by atoms with van der Waals surface area (Å²) in [5.41, 5.74) is 1.60. The number of fused-ring (bicyclic) bond motifs is 1. The van der Waals surface area contributed by atoms with Crippen LogP contribution >= 0.6 is 0 Å². The number of rotatable bonds is 8. The van der Waals surface area contributed by atoms with E-state index in [1.165, 1.54) is 6.07 Å². The molecule has 1 amide bonds. The van der Waals surface area contributed by atoms with Crippen molar-refractivity contribution in [1.82, 2.24) is 9.88 Å². The molecule has 0 radical (unpaired) electrons. The number of pyridine rings is 1. The van der Waals surface area contributed by atoms with Crippen LogP contribution in [0.15, 0.2) is 89.9 Å². The van der Waals surface area contributed by atoms with Crippen molar-refractivity contribution < 1.29 is 14.3 Å². The molecule has 4 rings (SSSR count). The Bertz CT molecular complexity index is 1280. The van der Waals surface area contributed by atoms with E-state index < -0.39 is 0 Å². The van der Waals surface area contributed by atoms with Crippen LogP contribution in [0.4, 0.5) is 0 Å². The smallest absolute Gasteiger partial charge is 0.239 e. The van der Waals surface area contributed by atoms with Crippen molar-refractivity contribution in [3.05, 3.63) is 101 Å². The molecule has 1 N–H and O–H groups in total. The molecule has 3 aromatic carbocycles. The molecule has 1 heterocycles. The highest BCUT2D eigenvalue weighted by molar-refractivity contribution is 5.83. The lowest BCUT2D eigenvalue weighted by molar-refractivity contribution is -0.121. The standard InChI is InChI=1S/C26H24N2O4/c1-31-25-10-6-5-7-19(25)13-15-27-26(30)18-28-16-14-24(29)22-17-21(11-12-23(22)28)32-20-8-3-2-4-9-20/h2-12,14,16-17H,13,15,18H2,1H3,(H,27,30). The van der Waals surface area contributed by atoms with Gasteiger partial charge in [0.05, 0.1) is 12.6 Å². The summed E-state index contributed by atoms with van der Waals surface area (Å²) in [5.74, 6) is 1.94. The van der Waals surface area contributed by atoms with Gasteiger partial charge in [-0.3, -0.25) is 9.59 Å². The zero-order valence-electron chi connectivity index (χ0n) is 17.8. The average Bonchev–Trinajstić information content (AvgIpc) is 2.82. The van der Waals surface area contributed by atoms with Crippen LogP contribution in [0.1, 0.15) is 5.56 Å². The molecule has 0 saturated heterocycles. The van der Waals surface area contributed by atoms with E-state index in [0.717, 1.165) is 11.3 Å². The Morgan fingerprint density at radius 1 is 0.938 bits per heavy atom. The van der Waals surface area contributed by atoms with Crippen LogP contribution in [-0.2, 0) is 17.8 Å². The number of methoxy groups -OCH3 is 1. The summed E-state index contributed by atoms with van der Waals surface area (Å²) in [5, 5.41) is 3.44. The van der Waals surface area contributed by atoms with Gasteiger partial charge in [-0.15, -0.1) is 0 Å². The van der Waals surface area contributed by atoms with Gasteiger partial charge >= 0.3 is 0 Å². The predicted octanol–water partition coefficient (Wildman–Crippen LogP) is 4.16. The minimum absolute atomic E-state index is 0.113. The summed E-state index contributed by atoms with van der Waals surface area (Å²) in [6.07, 6.45) is 2.31. The third-order valence-electron chi connectivity index (χ3n) is 5.15. The van der Waals surface area contributed by atoms with Crippen LogP contribution in [0.3, 0.4) is 0 Å². The summed E-state index contributed by atoms with van der Waals surface area (Å²) in [4.78, 5) is 25.0. The van der Waals surface area contributed by atoms with E-state index in [4.69, 9.17) is 9.47 Å². The number of nitrogens with one attached hydrogen (secondary N) is 1. The average molecular weight is 428 g/mol. The Morgan fingerprint density at radius 3 is 2.53 bits per heavy atom. The maximum absolute atomic E-state index is 12.5. The topological polar surface area (TPSA) is 69.6 Å². The molecule has 1 aromatic heterocycles. The molecular formula is C26H24N2O4. The monoisotopic (exact) mass is 428 g/mol. The van der Waals surface area contributed by atoms with Crippen LogP contribution in [0.2, 0.25) is 0 Å². The fraction of sp³-hybridized carbons (Fsp3) is 0.154. The summed E-state index contributed by atoms with van der Waals surface area (Å²) in [7, 11) is 1.63. The predicted molar refractivity (Wildman–Crippen MR) is 124 cm³/mol. The van der Waals surface area contributed by atoms with E-state index in [1.807, 2.05) is 54.6 Å². The number of hydrogen-bond donors (Lipinski definition) is 1. The number of ether oxygens (including phenoxy) is 2. The van der Waals surface area contributed by atoms with E-state index in [2.05, 4.69) is 5.32 Å². The number of aromatic nitrogens is 1. The fourth-order valence-electron chi connectivity index (χ4n) is 3.57. The summed E-state index contributed by atoms with van der Waals surface area (Å²) < 4.78 is 13.0. The summed E-state index contributed by atoms with van der Waals surface area (Å²) in [6, 6.07) is 23.9. The van der Waals surface area contributed by atoms with Crippen molar-refractivity contribution in [3.63, 3.8) is 0 Å². The number of amides is 1. The van der Waals surface area contributed by atoms with Crippen LogP contribution in [-0.4, -0.2) is 24.1 Å². The molecule has 162 valence electrons. The number of hydrogen-bond acceptors (Lipinski definition) is 4. The first-order valence-electron chi connectivity index (χ1n) is 10.4. The number of benzene rings is 3. The number of carbonyl (C=O) groups excluding carboxylic acids is 1. The van der Waals surface area contributed by atoms with E-state index in [9.17, 15) is 9.59 Å². The lowest BCUT2D eigenvalue weighted by atomic mass is 10.1. The van der Waals surface area contributed by atoms with Gasteiger partial charge in [-0.2, -0.15) is 0 Å². The lowest BCUT2D eigenvalue weighted by Crippen LogP contribution is -2.29. The second kappa shape index (κ2) is 9.83. The minimum atomic E-state index is -0.130. The molecule has 0 fully saturated rings. The third-order valence-corrected chi connectivity index (χ3v) is 5.15. The molecular weight excluding hydrogens is 404 g/mol. The molecule has 4 aromatic rings. The summed E-state index contributed by atoms with van der Waals surface area (Å²) in [6.45, 7) is 0.605. The van der Waals surface area contributed by atoms with Crippen LogP contribution in [0.5, 0.6) is 17.2 Å². The first-order valence-corrected chi connectivity index (χ1v) is 10.4. The normalized spacial score (nSPS) is 10.7. The first kappa shape index (κ1) is 21.2. The highest BCUT2D eigenvalue weighted by Gasteiger charge is 2.09. The zero-order chi connectivity index (χ0) is 22.3. The van der Waals surface area contributed by atoms with E-state index in [-0.39, 0.29) is 17.9 Å². The molecule has 0 aliphatic rings. The van der Waals surface area contributed by atoms with Crippen molar-refractivity contribution in [2.75, 3.05) is 13.7 Å². The van der Waals surface area contributed by atoms with Gasteiger partial charge in [-0.05, 0) is 48.4 Å². The quantitative estimate of drug-likeness (QED) is 0.458. The highest BCUT2D eigenvalue weighted by Crippen LogP contribution is 2.24. The molecule has 0 spiro atoms. The largest absolute Gasteiger partial charge is 0.496 e. The highest BCUT2D eigenvalue weighted by atomic mass is 16.5. The number of para-hydroxylation sites is 2. The van der Waals surface area contributed by atoms with Crippen molar-refractivity contribution in [2.45, 2.75) is 13.0 Å². The Labute approximate surface area is 186 Å². The molecule has 0 aliphatic carbocycles. The van der Waals surface area contributed by atoms with Crippen LogP contribution in [0, 0.1) is 0 Å². The van der Waals surface area contributed by atoms with Crippen LogP contribution in [0.25, 0.3) is 10.9 Å². The summed E-state index contributed by atoms with van der Waals surface area (Å²) >= 11 is 0. The fourth-order valence-corrected chi connectivity index (χ4v) is 3.57. The Kier molecular flexibility index (Phi) is 6.51. The first-order chi connectivity index (χ1) is 15.6. The van der Waals surface area contributed by atoms with Crippen molar-refractivity contribution in [3.8, 4) is 17.2 Å². The van der Waals surface area contributed by atoms with Gasteiger partial charge in [0.1, 0.15) is 23.8 Å². The minimum Gasteiger partial charge on any atom is -0.496 e. The van der Waals surface area contributed by atoms with Crippen LogP contribution < -0.4 is 20.2 Å². The van der Waals surface area contributed by atoms with Crippen molar-refractivity contribution in [1.29, 1.82) is 0 Å². The van der Waals surface area contributed by atoms with Gasteiger partial charge < -0.3 is 19.4 Å². The molecule has 0 atom stereocenters. The van der Waals surface area contributed by atoms with Gasteiger partial charge in [0.15, 0.2) is 5.43 Å². The Balaban J connectivity index is 1.45. The molecule has 0 saturated carbocycles. The second-order valence-electron chi connectivity index (χ2n) is 7.31. The maximum atomic E-state index is 12.5. The Morgan fingerprint density at radius 2 is 1.72 bits per heavy atom. The molecule has 6 heteroatoms. The molecule has 0 bridgehead atoms. The molecule has 0 unspecified atom stereocenters. The Hall–Kier alpha value is -4.06. The van der Waals surface area contributed by atoms with Gasteiger partial charge in [0.25, 0.3) is 0 Å². The molecule has 6 nitrogen and oxygen atoms in total. The van der Waals surface area contributed by atoms with Gasteiger partial charge in [0, 0.05) is 24.2 Å². The SMILES string of the molecule is COc1ccccc1CCNC(=O)Cn1ccc(=O)c2cc(Oc3ccccc3)ccc21. The lowest BCUT2D eigenvalue weighted by Gasteiger charge is -2.13. The second-order valence-corrected chi connectivity index (χ2v) is 7.31. The molecule has 32 heavy (non-hydrogen) atoms. The number of nitrogens with zero attached hydrogens (tertiary/aromatic N) is 1. The van der Waals surface area contributed by atoms with Gasteiger partial charge in [-0.25, -0.2) is 0 Å². The van der Waals surface area contributed by atoms with E-state index in [1.54, 1.807) is 36.1 Å². The van der Waals surface area contributed by atoms with Crippen molar-refractivity contribution in [2.24, 2.45) is 0 Å². The van der Waals surface area contributed by atoms with E-state index >= 15 is 0 Å². The number of carbonyl (C=O) groups is 1. The molecule has 0 aliphatic heterocycles. The zero-order valence-corrected chi connectivity index (χ0v) is 17.8. The third kappa shape index (κ3) is 4.98. The maximum Gasteiger partial charge on any atom is 0.239 e.